The Morgan fingerprint density at radius 3 is 3.08 bits per heavy atom. The molecule has 0 aliphatic carbocycles. The summed E-state index contributed by atoms with van der Waals surface area (Å²) >= 11 is 0. The van der Waals surface area contributed by atoms with Gasteiger partial charge in [-0.3, -0.25) is 0 Å². The molecule has 0 radical (unpaired) electrons. The topological polar surface area (TPSA) is 44.5 Å². The molecule has 1 aliphatic heterocycles. The smallest absolute Gasteiger partial charge is 0.169 e. The molecule has 1 atom stereocenters. The third-order valence-electron chi connectivity index (χ3n) is 2.09. The van der Waals surface area contributed by atoms with Crippen LogP contribution >= 0.6 is 0 Å². The van der Waals surface area contributed by atoms with E-state index in [1.807, 2.05) is 0 Å². The van der Waals surface area contributed by atoms with E-state index in [2.05, 4.69) is 0 Å². The first-order valence-corrected chi connectivity index (χ1v) is 3.98. The number of hydrogen-bond acceptors (Lipinski definition) is 3. The molecule has 0 saturated heterocycles. The van der Waals surface area contributed by atoms with Crippen LogP contribution in [0.15, 0.2) is 12.1 Å². The van der Waals surface area contributed by atoms with Crippen LogP contribution in [-0.2, 0) is 0 Å². The molecule has 0 unspecified atom stereocenters. The number of benzene rings is 1. The maximum atomic E-state index is 13.3. The van der Waals surface area contributed by atoms with Crippen molar-refractivity contribution >= 4 is 0 Å². The third-order valence-corrected chi connectivity index (χ3v) is 2.09. The fourth-order valence-electron chi connectivity index (χ4n) is 1.40. The Labute approximate surface area is 75.3 Å². The van der Waals surface area contributed by atoms with Crippen LogP contribution in [0, 0.1) is 5.82 Å². The minimum absolute atomic E-state index is 0.250. The van der Waals surface area contributed by atoms with Gasteiger partial charge in [-0.2, -0.15) is 0 Å². The molecular weight excluding hydrogens is 173 g/mol. The van der Waals surface area contributed by atoms with Crippen molar-refractivity contribution in [3.8, 4) is 11.5 Å². The molecule has 3 nitrogen and oxygen atoms in total. The van der Waals surface area contributed by atoms with Gasteiger partial charge in [-0.25, -0.2) is 4.39 Å². The van der Waals surface area contributed by atoms with Gasteiger partial charge in [0.05, 0.1) is 13.2 Å². The number of halogens is 1. The number of rotatable bonds is 1. The fraction of sp³-hybridized carbons (Fsp3) is 0.333. The number of nitrogens with two attached hydrogens (primary N) is 1. The Morgan fingerprint density at radius 2 is 2.38 bits per heavy atom. The van der Waals surface area contributed by atoms with E-state index in [9.17, 15) is 4.39 Å². The summed E-state index contributed by atoms with van der Waals surface area (Å²) < 4.78 is 23.3. The highest BCUT2D eigenvalue weighted by atomic mass is 19.1. The lowest BCUT2D eigenvalue weighted by Gasteiger charge is -2.05. The fourth-order valence-corrected chi connectivity index (χ4v) is 1.40. The monoisotopic (exact) mass is 183 g/mol. The normalized spacial score (nSPS) is 19.5. The molecule has 0 amide bonds. The van der Waals surface area contributed by atoms with Crippen molar-refractivity contribution in [2.24, 2.45) is 5.73 Å². The van der Waals surface area contributed by atoms with Gasteiger partial charge in [0.25, 0.3) is 0 Å². The van der Waals surface area contributed by atoms with Crippen LogP contribution in [0.1, 0.15) is 11.6 Å². The molecule has 2 rings (SSSR count). The zero-order valence-corrected chi connectivity index (χ0v) is 7.21. The van der Waals surface area contributed by atoms with Crippen LogP contribution in [0.3, 0.4) is 0 Å². The average molecular weight is 183 g/mol. The Morgan fingerprint density at radius 1 is 1.62 bits per heavy atom. The Kier molecular flexibility index (Phi) is 1.84. The SMILES string of the molecule is COc1cc(F)c2c(c1)[C@@H](N)CO2. The van der Waals surface area contributed by atoms with E-state index in [1.54, 1.807) is 6.07 Å². The van der Waals surface area contributed by atoms with Gasteiger partial charge in [0, 0.05) is 11.6 Å². The molecule has 0 bridgehead atoms. The average Bonchev–Trinajstić information content (AvgIpc) is 2.48. The molecule has 1 heterocycles. The number of methoxy groups -OCH3 is 1. The molecule has 0 aromatic heterocycles. The maximum Gasteiger partial charge on any atom is 0.169 e. The molecule has 0 saturated carbocycles. The molecule has 2 N–H and O–H groups in total. The molecule has 0 spiro atoms. The molecule has 1 aromatic carbocycles. The highest BCUT2D eigenvalue weighted by Gasteiger charge is 2.24. The molecule has 0 fully saturated rings. The number of fused-ring (bicyclic) bond motifs is 1. The first-order chi connectivity index (χ1) is 6.22. The van der Waals surface area contributed by atoms with Gasteiger partial charge in [0.1, 0.15) is 12.4 Å². The van der Waals surface area contributed by atoms with Gasteiger partial charge in [-0.15, -0.1) is 0 Å². The summed E-state index contributed by atoms with van der Waals surface area (Å²) in [5, 5.41) is 0. The lowest BCUT2D eigenvalue weighted by Crippen LogP contribution is -2.10. The van der Waals surface area contributed by atoms with Crippen molar-refractivity contribution in [1.82, 2.24) is 0 Å². The second-order valence-corrected chi connectivity index (χ2v) is 2.95. The third kappa shape index (κ3) is 1.23. The van der Waals surface area contributed by atoms with Crippen LogP contribution in [-0.4, -0.2) is 13.7 Å². The highest BCUT2D eigenvalue weighted by Crippen LogP contribution is 2.36. The van der Waals surface area contributed by atoms with Gasteiger partial charge < -0.3 is 15.2 Å². The number of ether oxygens (including phenoxy) is 2. The summed E-state index contributed by atoms with van der Waals surface area (Å²) in [4.78, 5) is 0. The van der Waals surface area contributed by atoms with Crippen molar-refractivity contribution < 1.29 is 13.9 Å². The van der Waals surface area contributed by atoms with Crippen LogP contribution < -0.4 is 15.2 Å². The van der Waals surface area contributed by atoms with Gasteiger partial charge in [0.2, 0.25) is 0 Å². The maximum absolute atomic E-state index is 13.3. The van der Waals surface area contributed by atoms with Crippen LogP contribution in [0.25, 0.3) is 0 Å². The molecule has 1 aromatic rings. The zero-order valence-electron chi connectivity index (χ0n) is 7.21. The second kappa shape index (κ2) is 2.88. The van der Waals surface area contributed by atoms with E-state index in [-0.39, 0.29) is 11.8 Å². The summed E-state index contributed by atoms with van der Waals surface area (Å²) in [6, 6.07) is 2.74. The Bertz CT molecular complexity index is 341. The molecule has 4 heteroatoms. The lowest BCUT2D eigenvalue weighted by molar-refractivity contribution is 0.318. The van der Waals surface area contributed by atoms with E-state index in [4.69, 9.17) is 15.2 Å². The minimum Gasteiger partial charge on any atom is -0.497 e. The van der Waals surface area contributed by atoms with E-state index < -0.39 is 5.82 Å². The van der Waals surface area contributed by atoms with Crippen molar-refractivity contribution in [3.63, 3.8) is 0 Å². The van der Waals surface area contributed by atoms with Gasteiger partial charge in [-0.1, -0.05) is 0 Å². The Balaban J connectivity index is 2.53. The van der Waals surface area contributed by atoms with Crippen LogP contribution in [0.5, 0.6) is 11.5 Å². The summed E-state index contributed by atoms with van der Waals surface area (Å²) in [5.41, 5.74) is 6.37. The number of hydrogen-bond donors (Lipinski definition) is 1. The van der Waals surface area contributed by atoms with Gasteiger partial charge in [-0.05, 0) is 6.07 Å². The molecular formula is C9H10FNO2. The zero-order chi connectivity index (χ0) is 9.42. The van der Waals surface area contributed by atoms with E-state index in [0.717, 1.165) is 0 Å². The van der Waals surface area contributed by atoms with E-state index in [0.29, 0.717) is 17.9 Å². The Hall–Kier alpha value is -1.29. The minimum atomic E-state index is -0.415. The predicted octanol–water partition coefficient (Wildman–Crippen LogP) is 1.23. The summed E-state index contributed by atoms with van der Waals surface area (Å²) in [6.45, 7) is 0.333. The highest BCUT2D eigenvalue weighted by molar-refractivity contribution is 5.45. The van der Waals surface area contributed by atoms with Crippen molar-refractivity contribution in [3.05, 3.63) is 23.5 Å². The largest absolute Gasteiger partial charge is 0.497 e. The van der Waals surface area contributed by atoms with Crippen LogP contribution in [0.4, 0.5) is 4.39 Å². The van der Waals surface area contributed by atoms with Crippen molar-refractivity contribution in [2.45, 2.75) is 6.04 Å². The lowest BCUT2D eigenvalue weighted by atomic mass is 10.1. The molecule has 1 aliphatic rings. The first-order valence-electron chi connectivity index (χ1n) is 3.98. The predicted molar refractivity (Wildman–Crippen MR) is 45.4 cm³/mol. The van der Waals surface area contributed by atoms with E-state index in [1.165, 1.54) is 13.2 Å². The molecule has 70 valence electrons. The van der Waals surface area contributed by atoms with Gasteiger partial charge in [0.15, 0.2) is 11.6 Å². The molecule has 13 heavy (non-hydrogen) atoms. The summed E-state index contributed by atoms with van der Waals surface area (Å²) in [5.74, 6) is 0.313. The van der Waals surface area contributed by atoms with E-state index >= 15 is 0 Å². The van der Waals surface area contributed by atoms with Crippen molar-refractivity contribution in [1.29, 1.82) is 0 Å². The van der Waals surface area contributed by atoms with Crippen LogP contribution in [0.2, 0.25) is 0 Å². The second-order valence-electron chi connectivity index (χ2n) is 2.95. The standard InChI is InChI=1S/C9H10FNO2/c1-12-5-2-6-8(11)4-13-9(6)7(10)3-5/h2-3,8H,4,11H2,1H3/t8-/m0/s1. The first kappa shape index (κ1) is 8.31. The summed E-state index contributed by atoms with van der Waals surface area (Å²) in [6.07, 6.45) is 0. The van der Waals surface area contributed by atoms with Gasteiger partial charge >= 0.3 is 0 Å². The quantitative estimate of drug-likeness (QED) is 0.712. The van der Waals surface area contributed by atoms with Crippen molar-refractivity contribution in [2.75, 3.05) is 13.7 Å². The summed E-state index contributed by atoms with van der Waals surface area (Å²) in [7, 11) is 1.49.